The van der Waals surface area contributed by atoms with Gasteiger partial charge in [-0.3, -0.25) is 8.75 Å². The van der Waals surface area contributed by atoms with Crippen molar-refractivity contribution in [2.45, 2.75) is 50.8 Å². The largest absolute Gasteiger partial charge is 0.387 e. The van der Waals surface area contributed by atoms with Gasteiger partial charge in [-0.2, -0.15) is 8.42 Å². The number of nitrogens with two attached hydrogens (primary N) is 1. The SMILES string of the molecule is CC(=O)CCc1ccccc1CNc1ncnc2c1ncn2[C@@H]1O[C@H](COS(N)(=O)=O)[C@@H](O)[C@H]1O. The molecule has 0 spiro atoms. The molecule has 0 aliphatic carbocycles. The monoisotopic (exact) mass is 506 g/mol. The minimum absolute atomic E-state index is 0.121. The number of ketones is 1. The maximum Gasteiger partial charge on any atom is 0.333 e. The number of hydrogen-bond acceptors (Lipinski definition) is 11. The second-order valence-corrected chi connectivity index (χ2v) is 9.42. The molecule has 4 atom stereocenters. The van der Waals surface area contributed by atoms with E-state index in [2.05, 4.69) is 24.5 Å². The Kier molecular flexibility index (Phi) is 7.39. The first-order chi connectivity index (χ1) is 16.6. The van der Waals surface area contributed by atoms with Crippen LogP contribution in [0.1, 0.15) is 30.7 Å². The Balaban J connectivity index is 1.52. The van der Waals surface area contributed by atoms with E-state index in [4.69, 9.17) is 9.88 Å². The number of benzene rings is 1. The van der Waals surface area contributed by atoms with E-state index in [0.717, 1.165) is 11.1 Å². The average Bonchev–Trinajstić information content (AvgIpc) is 3.36. The Labute approximate surface area is 201 Å². The number of anilines is 1. The standard InChI is InChI=1S/C21H26N6O7S/c1-12(28)6-7-13-4-2-3-5-14(13)8-23-19-16-20(25-10-24-19)27(11-26-16)21-18(30)17(29)15(34-21)9-33-35(22,31)32/h2-5,10-11,15,17-18,21,29-30H,6-9H2,1H3,(H2,22,31,32)(H,23,24,25)/t15-,17-,18-,21-/m1/s1. The number of aryl methyl sites for hydroxylation is 1. The molecule has 1 aliphatic heterocycles. The molecule has 188 valence electrons. The topological polar surface area (TPSA) is 192 Å². The normalized spacial score (nSPS) is 22.5. The molecule has 4 rings (SSSR count). The zero-order valence-electron chi connectivity index (χ0n) is 18.8. The van der Waals surface area contributed by atoms with Gasteiger partial charge in [0.15, 0.2) is 23.2 Å². The predicted molar refractivity (Wildman–Crippen MR) is 123 cm³/mol. The van der Waals surface area contributed by atoms with Gasteiger partial charge < -0.3 is 25.1 Å². The molecule has 0 saturated carbocycles. The van der Waals surface area contributed by atoms with Crippen LogP contribution >= 0.6 is 0 Å². The number of carbonyl (C=O) groups excluding carboxylic acids is 1. The number of nitrogens with one attached hydrogen (secondary N) is 1. The summed E-state index contributed by atoms with van der Waals surface area (Å²) in [5.41, 5.74) is 2.80. The van der Waals surface area contributed by atoms with Crippen LogP contribution in [0.3, 0.4) is 0 Å². The molecule has 14 heteroatoms. The lowest BCUT2D eigenvalue weighted by Gasteiger charge is -2.16. The molecule has 0 amide bonds. The van der Waals surface area contributed by atoms with E-state index in [-0.39, 0.29) is 5.78 Å². The molecule has 1 aromatic carbocycles. The van der Waals surface area contributed by atoms with Crippen LogP contribution in [0.4, 0.5) is 5.82 Å². The van der Waals surface area contributed by atoms with E-state index in [0.29, 0.717) is 36.4 Å². The Morgan fingerprint density at radius 2 is 1.94 bits per heavy atom. The Hall–Kier alpha value is -3.01. The molecule has 1 saturated heterocycles. The van der Waals surface area contributed by atoms with E-state index < -0.39 is 41.5 Å². The highest BCUT2D eigenvalue weighted by Crippen LogP contribution is 2.32. The molecule has 0 unspecified atom stereocenters. The molecule has 35 heavy (non-hydrogen) atoms. The number of ether oxygens (including phenoxy) is 1. The van der Waals surface area contributed by atoms with Crippen LogP contribution < -0.4 is 10.5 Å². The molecule has 3 heterocycles. The highest BCUT2D eigenvalue weighted by atomic mass is 32.2. The van der Waals surface area contributed by atoms with Gasteiger partial charge in [0.05, 0.1) is 12.9 Å². The molecule has 0 radical (unpaired) electrons. The number of carbonyl (C=O) groups is 1. The lowest BCUT2D eigenvalue weighted by atomic mass is 10.0. The van der Waals surface area contributed by atoms with Crippen LogP contribution in [0, 0.1) is 0 Å². The third kappa shape index (κ3) is 5.80. The third-order valence-corrected chi connectivity index (χ3v) is 6.14. The number of aliphatic hydroxyl groups excluding tert-OH is 2. The minimum Gasteiger partial charge on any atom is -0.387 e. The molecule has 5 N–H and O–H groups in total. The van der Waals surface area contributed by atoms with Crippen LogP contribution in [0.5, 0.6) is 0 Å². The first kappa shape index (κ1) is 25.1. The van der Waals surface area contributed by atoms with Crippen LogP contribution in [0.2, 0.25) is 0 Å². The molecular formula is C21H26N6O7S. The number of nitrogens with zero attached hydrogens (tertiary/aromatic N) is 4. The van der Waals surface area contributed by atoms with Gasteiger partial charge in [-0.15, -0.1) is 0 Å². The minimum atomic E-state index is -4.24. The summed E-state index contributed by atoms with van der Waals surface area (Å²) >= 11 is 0. The van der Waals surface area contributed by atoms with Crippen LogP contribution in [0.15, 0.2) is 36.9 Å². The zero-order chi connectivity index (χ0) is 25.2. The Morgan fingerprint density at radius 3 is 2.66 bits per heavy atom. The molecular weight excluding hydrogens is 480 g/mol. The summed E-state index contributed by atoms with van der Waals surface area (Å²) < 4.78 is 33.7. The van der Waals surface area contributed by atoms with E-state index in [1.54, 1.807) is 6.92 Å². The number of fused-ring (bicyclic) bond motifs is 1. The van der Waals surface area contributed by atoms with Crippen molar-refractivity contribution in [2.75, 3.05) is 11.9 Å². The summed E-state index contributed by atoms with van der Waals surface area (Å²) in [6, 6.07) is 7.78. The maximum atomic E-state index is 11.4. The second-order valence-electron chi connectivity index (χ2n) is 8.19. The van der Waals surface area contributed by atoms with Crippen LogP contribution in [0.25, 0.3) is 11.2 Å². The van der Waals surface area contributed by atoms with E-state index in [1.807, 2.05) is 24.3 Å². The van der Waals surface area contributed by atoms with Gasteiger partial charge >= 0.3 is 10.3 Å². The first-order valence-electron chi connectivity index (χ1n) is 10.8. The van der Waals surface area contributed by atoms with Crippen molar-refractivity contribution in [1.82, 2.24) is 19.5 Å². The van der Waals surface area contributed by atoms with Crippen molar-refractivity contribution in [3.63, 3.8) is 0 Å². The van der Waals surface area contributed by atoms with Gasteiger partial charge in [-0.05, 0) is 24.5 Å². The van der Waals surface area contributed by atoms with E-state index >= 15 is 0 Å². The van der Waals surface area contributed by atoms with Crippen LogP contribution in [-0.4, -0.2) is 68.9 Å². The quantitative estimate of drug-likeness (QED) is 0.285. The van der Waals surface area contributed by atoms with Crippen LogP contribution in [-0.2, 0) is 37.0 Å². The van der Waals surface area contributed by atoms with Gasteiger partial charge in [-0.1, -0.05) is 24.3 Å². The van der Waals surface area contributed by atoms with Gasteiger partial charge in [0.2, 0.25) is 0 Å². The molecule has 0 bridgehead atoms. The third-order valence-electron chi connectivity index (χ3n) is 5.68. The summed E-state index contributed by atoms with van der Waals surface area (Å²) in [5, 5.41) is 28.8. The number of aliphatic hydroxyl groups is 2. The van der Waals surface area contributed by atoms with Crippen molar-refractivity contribution < 1.29 is 32.3 Å². The van der Waals surface area contributed by atoms with Crippen molar-refractivity contribution in [2.24, 2.45) is 5.14 Å². The summed E-state index contributed by atoms with van der Waals surface area (Å²) in [7, 11) is -4.24. The molecule has 1 fully saturated rings. The lowest BCUT2D eigenvalue weighted by molar-refractivity contribution is -0.116. The van der Waals surface area contributed by atoms with Crippen molar-refractivity contribution in [3.05, 3.63) is 48.0 Å². The summed E-state index contributed by atoms with van der Waals surface area (Å²) in [4.78, 5) is 24.2. The second kappa shape index (κ2) is 10.3. The molecule has 2 aromatic heterocycles. The fraction of sp³-hybridized carbons (Fsp3) is 0.429. The summed E-state index contributed by atoms with van der Waals surface area (Å²) in [5.74, 6) is 0.563. The van der Waals surface area contributed by atoms with Gasteiger partial charge in [-0.25, -0.2) is 20.1 Å². The fourth-order valence-corrected chi connectivity index (χ4v) is 4.21. The fourth-order valence-electron chi connectivity index (χ4n) is 3.89. The van der Waals surface area contributed by atoms with E-state index in [9.17, 15) is 23.4 Å². The van der Waals surface area contributed by atoms with Crippen molar-refractivity contribution in [3.8, 4) is 0 Å². The average molecular weight is 507 g/mol. The van der Waals surface area contributed by atoms with Crippen molar-refractivity contribution >= 4 is 33.1 Å². The zero-order valence-corrected chi connectivity index (χ0v) is 19.6. The highest BCUT2D eigenvalue weighted by Gasteiger charge is 2.45. The maximum absolute atomic E-state index is 11.4. The predicted octanol–water partition coefficient (Wildman–Crippen LogP) is -0.201. The van der Waals surface area contributed by atoms with Gasteiger partial charge in [0.1, 0.15) is 30.4 Å². The number of Topliss-reactive ketones (excluding diaryl/α,β-unsaturated/α-hetero) is 1. The number of aromatic nitrogens is 4. The highest BCUT2D eigenvalue weighted by molar-refractivity contribution is 7.84. The van der Waals surface area contributed by atoms with Gasteiger partial charge in [0, 0.05) is 13.0 Å². The van der Waals surface area contributed by atoms with Crippen molar-refractivity contribution in [1.29, 1.82) is 0 Å². The Morgan fingerprint density at radius 1 is 1.20 bits per heavy atom. The lowest BCUT2D eigenvalue weighted by Crippen LogP contribution is -2.35. The van der Waals surface area contributed by atoms with Gasteiger partial charge in [0.25, 0.3) is 0 Å². The molecule has 3 aromatic rings. The summed E-state index contributed by atoms with van der Waals surface area (Å²) in [6.07, 6.45) is -1.27. The summed E-state index contributed by atoms with van der Waals surface area (Å²) in [6.45, 7) is 1.43. The molecule has 13 nitrogen and oxygen atoms in total. The molecule has 1 aliphatic rings. The number of imidazole rings is 1. The van der Waals surface area contributed by atoms with E-state index in [1.165, 1.54) is 17.2 Å². The number of hydrogen-bond donors (Lipinski definition) is 4. The first-order valence-corrected chi connectivity index (χ1v) is 12.3. The smallest absolute Gasteiger partial charge is 0.333 e. The number of rotatable bonds is 10. The Bertz CT molecular complexity index is 1310.